The van der Waals surface area contributed by atoms with Crippen molar-refractivity contribution in [3.8, 4) is 5.75 Å². The maximum atomic E-state index is 6.17. The minimum absolute atomic E-state index is 0.286. The Labute approximate surface area is 132 Å². The minimum Gasteiger partial charge on any atom is -0.497 e. The number of nitrogens with zero attached hydrogens (tertiary/aromatic N) is 2. The van der Waals surface area contributed by atoms with Crippen LogP contribution in [-0.2, 0) is 6.42 Å². The Bertz CT molecular complexity index is 617. The second kappa shape index (κ2) is 6.55. The van der Waals surface area contributed by atoms with Crippen molar-refractivity contribution in [2.75, 3.05) is 7.11 Å². The summed E-state index contributed by atoms with van der Waals surface area (Å²) in [5.41, 5.74) is 2.03. The number of aromatic nitrogens is 2. The molecule has 20 heavy (non-hydrogen) atoms. The third-order valence-corrected chi connectivity index (χ3v) is 4.21. The quantitative estimate of drug-likeness (QED) is 0.751. The Morgan fingerprint density at radius 1 is 1.30 bits per heavy atom. The Kier molecular flexibility index (Phi) is 5.00. The largest absolute Gasteiger partial charge is 0.497 e. The van der Waals surface area contributed by atoms with Crippen LogP contribution in [-0.4, -0.2) is 17.1 Å². The molecule has 0 atom stereocenters. The Hall–Kier alpha value is -1.13. The molecule has 5 heteroatoms. The molecule has 0 aliphatic carbocycles. The van der Waals surface area contributed by atoms with Gasteiger partial charge < -0.3 is 4.74 Å². The summed E-state index contributed by atoms with van der Waals surface area (Å²) in [4.78, 5) is 8.93. The molecule has 1 aromatic heterocycles. The van der Waals surface area contributed by atoms with Crippen LogP contribution >= 0.6 is 27.5 Å². The first-order valence-electron chi connectivity index (χ1n) is 6.36. The first kappa shape index (κ1) is 15.3. The SMILES string of the molecule is COc1cccc(Cc2nc(Cl)c(Br)c(C(C)C)n2)c1. The number of benzene rings is 1. The van der Waals surface area contributed by atoms with Crippen molar-refractivity contribution < 1.29 is 4.74 Å². The summed E-state index contributed by atoms with van der Waals surface area (Å²) < 4.78 is 6.00. The lowest BCUT2D eigenvalue weighted by Crippen LogP contribution is -2.04. The van der Waals surface area contributed by atoms with Crippen LogP contribution in [0.1, 0.15) is 36.8 Å². The lowest BCUT2D eigenvalue weighted by molar-refractivity contribution is 0.414. The summed E-state index contributed by atoms with van der Waals surface area (Å²) in [5.74, 6) is 1.83. The van der Waals surface area contributed by atoms with E-state index in [2.05, 4.69) is 39.7 Å². The van der Waals surface area contributed by atoms with Gasteiger partial charge in [0.2, 0.25) is 0 Å². The first-order valence-corrected chi connectivity index (χ1v) is 7.53. The molecule has 0 radical (unpaired) electrons. The molecule has 2 aromatic rings. The zero-order valence-electron chi connectivity index (χ0n) is 11.7. The van der Waals surface area contributed by atoms with Crippen molar-refractivity contribution in [1.29, 1.82) is 0 Å². The van der Waals surface area contributed by atoms with E-state index in [1.165, 1.54) is 0 Å². The molecule has 3 nitrogen and oxygen atoms in total. The number of halogens is 2. The second-order valence-corrected chi connectivity index (χ2v) is 5.96. The molecule has 0 saturated heterocycles. The van der Waals surface area contributed by atoms with Gasteiger partial charge in [0.05, 0.1) is 17.3 Å². The molecule has 106 valence electrons. The molecule has 0 saturated carbocycles. The van der Waals surface area contributed by atoms with Gasteiger partial charge in [0, 0.05) is 6.42 Å². The predicted octanol–water partition coefficient (Wildman–Crippen LogP) is 4.62. The number of hydrogen-bond acceptors (Lipinski definition) is 3. The van der Waals surface area contributed by atoms with Gasteiger partial charge >= 0.3 is 0 Å². The number of methoxy groups -OCH3 is 1. The fraction of sp³-hybridized carbons (Fsp3) is 0.333. The fourth-order valence-electron chi connectivity index (χ4n) is 1.91. The van der Waals surface area contributed by atoms with Gasteiger partial charge in [-0.05, 0) is 39.5 Å². The van der Waals surface area contributed by atoms with Crippen LogP contribution in [0.4, 0.5) is 0 Å². The topological polar surface area (TPSA) is 35.0 Å². The number of ether oxygens (including phenoxy) is 1. The summed E-state index contributed by atoms with van der Waals surface area (Å²) in [6.45, 7) is 4.16. The summed E-state index contributed by atoms with van der Waals surface area (Å²) in [5, 5.41) is 0.460. The molecule has 0 fully saturated rings. The van der Waals surface area contributed by atoms with Gasteiger partial charge in [-0.2, -0.15) is 0 Å². The molecule has 0 spiro atoms. The molecule has 0 aliphatic heterocycles. The van der Waals surface area contributed by atoms with Gasteiger partial charge in [0.1, 0.15) is 16.7 Å². The molecule has 0 unspecified atom stereocenters. The predicted molar refractivity (Wildman–Crippen MR) is 84.6 cm³/mol. The summed E-state index contributed by atoms with van der Waals surface area (Å²) >= 11 is 9.61. The van der Waals surface area contributed by atoms with Crippen molar-refractivity contribution >= 4 is 27.5 Å². The minimum atomic E-state index is 0.286. The van der Waals surface area contributed by atoms with Crippen molar-refractivity contribution in [3.05, 3.63) is 51.0 Å². The van der Waals surface area contributed by atoms with Gasteiger partial charge in [0.15, 0.2) is 0 Å². The molecule has 0 aliphatic rings. The molecule has 1 heterocycles. The van der Waals surface area contributed by atoms with Crippen LogP contribution in [0.25, 0.3) is 0 Å². The van der Waals surface area contributed by atoms with E-state index in [0.29, 0.717) is 11.6 Å². The van der Waals surface area contributed by atoms with Gasteiger partial charge in [-0.1, -0.05) is 37.6 Å². The molecule has 0 bridgehead atoms. The zero-order valence-corrected chi connectivity index (χ0v) is 14.0. The van der Waals surface area contributed by atoms with E-state index in [0.717, 1.165) is 27.3 Å². The third kappa shape index (κ3) is 3.49. The summed E-state index contributed by atoms with van der Waals surface area (Å²) in [6, 6.07) is 7.88. The maximum Gasteiger partial charge on any atom is 0.147 e. The molecule has 0 N–H and O–H groups in total. The van der Waals surface area contributed by atoms with Gasteiger partial charge in [0.25, 0.3) is 0 Å². The van der Waals surface area contributed by atoms with Gasteiger partial charge in [-0.3, -0.25) is 0 Å². The second-order valence-electron chi connectivity index (χ2n) is 4.81. The smallest absolute Gasteiger partial charge is 0.147 e. The normalized spacial score (nSPS) is 10.9. The molecule has 0 amide bonds. The summed E-state index contributed by atoms with van der Waals surface area (Å²) in [7, 11) is 1.66. The van der Waals surface area contributed by atoms with Crippen molar-refractivity contribution in [2.45, 2.75) is 26.2 Å². The van der Waals surface area contributed by atoms with Gasteiger partial charge in [-0.25, -0.2) is 9.97 Å². The van der Waals surface area contributed by atoms with Gasteiger partial charge in [-0.15, -0.1) is 0 Å². The molecule has 1 aromatic carbocycles. The average Bonchev–Trinajstić information content (AvgIpc) is 2.42. The summed E-state index contributed by atoms with van der Waals surface area (Å²) in [6.07, 6.45) is 0.629. The van der Waals surface area contributed by atoms with Crippen LogP contribution in [0, 0.1) is 0 Å². The molecular weight excluding hydrogens is 340 g/mol. The Morgan fingerprint density at radius 2 is 2.05 bits per heavy atom. The standard InChI is InChI=1S/C15H16BrClN2O/c1-9(2)14-13(16)15(17)19-12(18-14)8-10-5-4-6-11(7-10)20-3/h4-7,9H,8H2,1-3H3. The van der Waals surface area contributed by atoms with Crippen molar-refractivity contribution in [3.63, 3.8) is 0 Å². The van der Waals surface area contributed by atoms with Crippen molar-refractivity contribution in [2.24, 2.45) is 0 Å². The molecule has 2 rings (SSSR count). The fourth-order valence-corrected chi connectivity index (χ4v) is 2.74. The third-order valence-electron chi connectivity index (χ3n) is 2.93. The van der Waals surface area contributed by atoms with Crippen LogP contribution in [0.15, 0.2) is 28.7 Å². The van der Waals surface area contributed by atoms with E-state index < -0.39 is 0 Å². The van der Waals surface area contributed by atoms with Crippen LogP contribution < -0.4 is 4.74 Å². The van der Waals surface area contributed by atoms with E-state index in [-0.39, 0.29) is 5.92 Å². The van der Waals surface area contributed by atoms with E-state index >= 15 is 0 Å². The van der Waals surface area contributed by atoms with E-state index in [1.54, 1.807) is 7.11 Å². The van der Waals surface area contributed by atoms with Crippen molar-refractivity contribution in [1.82, 2.24) is 9.97 Å². The highest BCUT2D eigenvalue weighted by molar-refractivity contribution is 9.10. The zero-order chi connectivity index (χ0) is 14.7. The molecular formula is C15H16BrClN2O. The number of hydrogen-bond donors (Lipinski definition) is 0. The van der Waals surface area contributed by atoms with Crippen LogP contribution in [0.5, 0.6) is 5.75 Å². The monoisotopic (exact) mass is 354 g/mol. The lowest BCUT2D eigenvalue weighted by Gasteiger charge is -2.11. The van der Waals surface area contributed by atoms with Crippen LogP contribution in [0.2, 0.25) is 5.15 Å². The first-order chi connectivity index (χ1) is 9.51. The highest BCUT2D eigenvalue weighted by Crippen LogP contribution is 2.29. The highest BCUT2D eigenvalue weighted by atomic mass is 79.9. The van der Waals surface area contributed by atoms with Crippen LogP contribution in [0.3, 0.4) is 0 Å². The van der Waals surface area contributed by atoms with E-state index in [9.17, 15) is 0 Å². The lowest BCUT2D eigenvalue weighted by atomic mass is 10.1. The average molecular weight is 356 g/mol. The maximum absolute atomic E-state index is 6.17. The van der Waals surface area contributed by atoms with E-state index in [1.807, 2.05) is 24.3 Å². The Balaban J connectivity index is 2.33. The number of rotatable bonds is 4. The van der Waals surface area contributed by atoms with E-state index in [4.69, 9.17) is 16.3 Å². The Morgan fingerprint density at radius 3 is 2.70 bits per heavy atom. The highest BCUT2D eigenvalue weighted by Gasteiger charge is 2.14.